The zero-order chi connectivity index (χ0) is 23.5. The van der Waals surface area contributed by atoms with Gasteiger partial charge in [0.25, 0.3) is 5.91 Å². The van der Waals surface area contributed by atoms with Crippen molar-refractivity contribution in [1.29, 1.82) is 0 Å². The number of benzene rings is 2. The Bertz CT molecular complexity index is 1310. The van der Waals surface area contributed by atoms with Gasteiger partial charge in [0.05, 0.1) is 12.0 Å². The van der Waals surface area contributed by atoms with E-state index in [0.717, 1.165) is 46.6 Å². The molecule has 2 aromatic heterocycles. The molecule has 2 N–H and O–H groups in total. The van der Waals surface area contributed by atoms with Gasteiger partial charge in [-0.3, -0.25) is 10.1 Å². The zero-order valence-corrected chi connectivity index (χ0v) is 19.9. The smallest absolute Gasteiger partial charge is 0.293 e. The van der Waals surface area contributed by atoms with Gasteiger partial charge in [-0.15, -0.1) is 10.2 Å². The molecule has 2 aromatic carbocycles. The third-order valence-corrected chi connectivity index (χ3v) is 5.68. The summed E-state index contributed by atoms with van der Waals surface area (Å²) in [6, 6.07) is 13.3. The molecule has 0 aliphatic carbocycles. The van der Waals surface area contributed by atoms with Gasteiger partial charge in [0.15, 0.2) is 10.9 Å². The van der Waals surface area contributed by atoms with Gasteiger partial charge in [-0.2, -0.15) is 4.80 Å². The summed E-state index contributed by atoms with van der Waals surface area (Å²) in [6.45, 7) is 10.2. The van der Waals surface area contributed by atoms with Gasteiger partial charge >= 0.3 is 0 Å². The highest BCUT2D eigenvalue weighted by atomic mass is 32.1. The van der Waals surface area contributed by atoms with Crippen molar-refractivity contribution in [2.45, 2.75) is 27.7 Å². The topological polar surface area (TPSA) is 88.2 Å². The number of hydrogen-bond donors (Lipinski definition) is 2. The summed E-state index contributed by atoms with van der Waals surface area (Å²) in [7, 11) is 0. The first-order chi connectivity index (χ1) is 15.9. The summed E-state index contributed by atoms with van der Waals surface area (Å²) in [5.41, 5.74) is 6.37. The molecule has 0 aliphatic rings. The first kappa shape index (κ1) is 22.5. The molecular formula is C24H26N6O2S. The van der Waals surface area contributed by atoms with E-state index in [9.17, 15) is 4.79 Å². The maximum atomic E-state index is 12.1. The number of furan rings is 1. The lowest BCUT2D eigenvalue weighted by atomic mass is 10.1. The molecule has 4 aromatic rings. The van der Waals surface area contributed by atoms with E-state index in [1.807, 2.05) is 25.1 Å². The molecule has 0 fully saturated rings. The molecule has 0 bridgehead atoms. The highest BCUT2D eigenvalue weighted by molar-refractivity contribution is 7.80. The van der Waals surface area contributed by atoms with Crippen LogP contribution in [0.25, 0.3) is 16.7 Å². The average molecular weight is 463 g/mol. The van der Waals surface area contributed by atoms with Crippen molar-refractivity contribution >= 4 is 45.6 Å². The lowest BCUT2D eigenvalue weighted by Gasteiger charge is -2.22. The van der Waals surface area contributed by atoms with E-state index in [4.69, 9.17) is 16.6 Å². The van der Waals surface area contributed by atoms with Crippen LogP contribution in [-0.4, -0.2) is 39.1 Å². The van der Waals surface area contributed by atoms with Gasteiger partial charge < -0.3 is 14.6 Å². The minimum absolute atomic E-state index is 0.175. The zero-order valence-electron chi connectivity index (χ0n) is 19.0. The predicted molar refractivity (Wildman–Crippen MR) is 134 cm³/mol. The number of amides is 1. The molecule has 1 amide bonds. The van der Waals surface area contributed by atoms with E-state index in [2.05, 4.69) is 58.6 Å². The number of aromatic nitrogens is 3. The summed E-state index contributed by atoms with van der Waals surface area (Å²) in [5, 5.41) is 15.2. The molecule has 170 valence electrons. The largest absolute Gasteiger partial charge is 0.459 e. The molecule has 0 atom stereocenters. The highest BCUT2D eigenvalue weighted by Gasteiger charge is 2.14. The number of aryl methyl sites for hydroxylation is 2. The van der Waals surface area contributed by atoms with Crippen LogP contribution >= 0.6 is 12.2 Å². The van der Waals surface area contributed by atoms with Crippen molar-refractivity contribution in [3.8, 4) is 5.69 Å². The number of hydrogen-bond acceptors (Lipinski definition) is 6. The molecule has 33 heavy (non-hydrogen) atoms. The van der Waals surface area contributed by atoms with Crippen LogP contribution < -0.4 is 15.5 Å². The molecule has 2 heterocycles. The number of thiocarbonyl (C=S) groups is 1. The Morgan fingerprint density at radius 1 is 1.06 bits per heavy atom. The Balaban J connectivity index is 1.56. The number of nitrogens with zero attached hydrogens (tertiary/aromatic N) is 4. The maximum Gasteiger partial charge on any atom is 0.293 e. The van der Waals surface area contributed by atoms with Crippen molar-refractivity contribution in [2.75, 3.05) is 23.3 Å². The molecule has 0 aliphatic heterocycles. The SMILES string of the molecule is CCN(CC)c1ccc(-n2nc3cc(C)c(NC(=S)NC(=O)c4ccco4)cc3n2)c(C)c1. The summed E-state index contributed by atoms with van der Waals surface area (Å²) >= 11 is 5.29. The number of nitrogens with one attached hydrogen (secondary N) is 2. The molecule has 0 saturated heterocycles. The Morgan fingerprint density at radius 3 is 2.42 bits per heavy atom. The number of carbonyl (C=O) groups excluding carboxylic acids is 1. The third-order valence-electron chi connectivity index (χ3n) is 5.47. The molecule has 0 unspecified atom stereocenters. The fraction of sp³-hybridized carbons (Fsp3) is 0.250. The van der Waals surface area contributed by atoms with Crippen molar-refractivity contribution in [3.63, 3.8) is 0 Å². The standard InChI is InChI=1S/C24H26N6O2S/c1-5-29(6-2)17-9-10-21(16(4)12-17)30-27-19-13-15(3)18(14-20(19)28-30)25-24(33)26-23(31)22-8-7-11-32-22/h7-14H,5-6H2,1-4H3,(H2,25,26,31,33). The molecule has 0 spiro atoms. The predicted octanol–water partition coefficient (Wildman–Crippen LogP) is 4.60. The number of fused-ring (bicyclic) bond motifs is 1. The van der Waals surface area contributed by atoms with E-state index in [0.29, 0.717) is 0 Å². The van der Waals surface area contributed by atoms with Crippen LogP contribution in [0.5, 0.6) is 0 Å². The minimum atomic E-state index is -0.411. The van der Waals surface area contributed by atoms with Crippen molar-refractivity contribution in [3.05, 3.63) is 65.6 Å². The summed E-state index contributed by atoms with van der Waals surface area (Å²) in [6.07, 6.45) is 1.44. The van der Waals surface area contributed by atoms with Crippen LogP contribution in [-0.2, 0) is 0 Å². The molecule has 9 heteroatoms. The lowest BCUT2D eigenvalue weighted by molar-refractivity contribution is 0.0950. The molecule has 4 rings (SSSR count). The van der Waals surface area contributed by atoms with E-state index in [-0.39, 0.29) is 10.9 Å². The lowest BCUT2D eigenvalue weighted by Crippen LogP contribution is -2.34. The van der Waals surface area contributed by atoms with E-state index >= 15 is 0 Å². The van der Waals surface area contributed by atoms with E-state index in [1.54, 1.807) is 16.9 Å². The van der Waals surface area contributed by atoms with Gasteiger partial charge in [0.2, 0.25) is 0 Å². The van der Waals surface area contributed by atoms with Gasteiger partial charge in [-0.05, 0) is 93.5 Å². The normalized spacial score (nSPS) is 10.9. The Hall–Kier alpha value is -3.72. The molecular weight excluding hydrogens is 436 g/mol. The Kier molecular flexibility index (Phi) is 6.41. The quantitative estimate of drug-likeness (QED) is 0.405. The van der Waals surface area contributed by atoms with Crippen LogP contribution in [0, 0.1) is 13.8 Å². The van der Waals surface area contributed by atoms with Gasteiger partial charge in [0, 0.05) is 24.5 Å². The average Bonchev–Trinajstić information content (AvgIpc) is 3.45. The van der Waals surface area contributed by atoms with E-state index < -0.39 is 5.91 Å². The summed E-state index contributed by atoms with van der Waals surface area (Å²) in [5.74, 6) is -0.220. The number of anilines is 2. The Labute approximate surface area is 197 Å². The van der Waals surface area contributed by atoms with Crippen LogP contribution in [0.3, 0.4) is 0 Å². The summed E-state index contributed by atoms with van der Waals surface area (Å²) in [4.78, 5) is 16.1. The Morgan fingerprint density at radius 2 is 1.79 bits per heavy atom. The number of carbonyl (C=O) groups is 1. The van der Waals surface area contributed by atoms with Gasteiger partial charge in [0.1, 0.15) is 11.0 Å². The van der Waals surface area contributed by atoms with Crippen LogP contribution in [0.2, 0.25) is 0 Å². The molecule has 0 radical (unpaired) electrons. The monoisotopic (exact) mass is 462 g/mol. The first-order valence-electron chi connectivity index (χ1n) is 10.8. The molecule has 8 nitrogen and oxygen atoms in total. The van der Waals surface area contributed by atoms with Crippen molar-refractivity contribution < 1.29 is 9.21 Å². The fourth-order valence-corrected chi connectivity index (χ4v) is 3.89. The second-order valence-corrected chi connectivity index (χ2v) is 8.08. The third kappa shape index (κ3) is 4.73. The maximum absolute atomic E-state index is 12.1. The second-order valence-electron chi connectivity index (χ2n) is 7.67. The second kappa shape index (κ2) is 9.41. The summed E-state index contributed by atoms with van der Waals surface area (Å²) < 4.78 is 5.09. The highest BCUT2D eigenvalue weighted by Crippen LogP contribution is 2.25. The van der Waals surface area contributed by atoms with E-state index in [1.165, 1.54) is 12.0 Å². The fourth-order valence-electron chi connectivity index (χ4n) is 3.69. The van der Waals surface area contributed by atoms with Crippen molar-refractivity contribution in [2.24, 2.45) is 0 Å². The van der Waals surface area contributed by atoms with Crippen LogP contribution in [0.1, 0.15) is 35.5 Å². The number of rotatable bonds is 6. The first-order valence-corrected chi connectivity index (χ1v) is 11.2. The van der Waals surface area contributed by atoms with Gasteiger partial charge in [-0.1, -0.05) is 0 Å². The minimum Gasteiger partial charge on any atom is -0.459 e. The van der Waals surface area contributed by atoms with Crippen LogP contribution in [0.4, 0.5) is 11.4 Å². The molecule has 0 saturated carbocycles. The van der Waals surface area contributed by atoms with Crippen LogP contribution in [0.15, 0.2) is 53.1 Å². The van der Waals surface area contributed by atoms with Crippen molar-refractivity contribution in [1.82, 2.24) is 20.3 Å². The van der Waals surface area contributed by atoms with Gasteiger partial charge in [-0.25, -0.2) is 0 Å².